The molecule has 2 unspecified atom stereocenters. The second-order valence-corrected chi connectivity index (χ2v) is 9.13. The molecule has 4 fully saturated rings. The first-order chi connectivity index (χ1) is 13.7. The van der Waals surface area contributed by atoms with E-state index in [2.05, 4.69) is 0 Å². The Morgan fingerprint density at radius 3 is 2.62 bits per heavy atom. The van der Waals surface area contributed by atoms with Crippen molar-refractivity contribution in [2.75, 3.05) is 0 Å². The van der Waals surface area contributed by atoms with Gasteiger partial charge in [-0.1, -0.05) is 6.92 Å². The van der Waals surface area contributed by atoms with Crippen LogP contribution in [-0.4, -0.2) is 30.1 Å². The molecule has 2 saturated carbocycles. The molecule has 7 atom stereocenters. The number of rotatable bonds is 2. The summed E-state index contributed by atoms with van der Waals surface area (Å²) in [5.74, 6) is -1.75. The smallest absolute Gasteiger partial charge is 0.334 e. The zero-order valence-electron chi connectivity index (χ0n) is 16.9. The highest BCUT2D eigenvalue weighted by atomic mass is 16.6. The van der Waals surface area contributed by atoms with E-state index in [9.17, 15) is 14.4 Å². The van der Waals surface area contributed by atoms with Gasteiger partial charge in [0.1, 0.15) is 18.3 Å². The first kappa shape index (κ1) is 18.5. The van der Waals surface area contributed by atoms with Crippen molar-refractivity contribution in [1.82, 2.24) is 0 Å². The number of fused-ring (bicyclic) bond motifs is 3. The van der Waals surface area contributed by atoms with E-state index >= 15 is 0 Å². The largest absolute Gasteiger partial charge is 0.472 e. The van der Waals surface area contributed by atoms with E-state index in [1.165, 1.54) is 13.2 Å². The number of esters is 3. The van der Waals surface area contributed by atoms with Gasteiger partial charge in [-0.05, 0) is 38.3 Å². The van der Waals surface area contributed by atoms with Crippen LogP contribution in [-0.2, 0) is 28.6 Å². The lowest BCUT2D eigenvalue weighted by atomic mass is 9.52. The quantitative estimate of drug-likeness (QED) is 0.556. The fourth-order valence-electron chi connectivity index (χ4n) is 6.61. The van der Waals surface area contributed by atoms with Gasteiger partial charge >= 0.3 is 17.9 Å². The predicted octanol–water partition coefficient (Wildman–Crippen LogP) is 3.10. The standard InChI is InChI=1S/C22H24O7/c1-10-15-14(16(29-19(10)24)12-6-8-26-9-12)17(27-11(2)23)18-21(3)7-5-13(22(15,18)4)28-20(21)25/h6,8-9,13-14,16-18H,5,7H2,1-4H3/t13-,14?,16-,17+,18?,21+,22-/m1/s1. The van der Waals surface area contributed by atoms with Crippen molar-refractivity contribution >= 4 is 17.9 Å². The predicted molar refractivity (Wildman–Crippen MR) is 98.1 cm³/mol. The average Bonchev–Trinajstić information content (AvgIpc) is 3.26. The van der Waals surface area contributed by atoms with Crippen LogP contribution in [0.25, 0.3) is 0 Å². The van der Waals surface area contributed by atoms with E-state index < -0.39 is 40.9 Å². The molecule has 0 spiro atoms. The summed E-state index contributed by atoms with van der Waals surface area (Å²) < 4.78 is 22.8. The summed E-state index contributed by atoms with van der Waals surface area (Å²) in [4.78, 5) is 37.8. The Morgan fingerprint density at radius 2 is 2.00 bits per heavy atom. The number of cyclic esters (lactones) is 1. The third-order valence-corrected chi connectivity index (χ3v) is 7.68. The third kappa shape index (κ3) is 2.16. The Morgan fingerprint density at radius 1 is 1.24 bits per heavy atom. The summed E-state index contributed by atoms with van der Waals surface area (Å²) >= 11 is 0. The lowest BCUT2D eigenvalue weighted by Crippen LogP contribution is -2.62. The van der Waals surface area contributed by atoms with Crippen molar-refractivity contribution in [2.24, 2.45) is 22.7 Å². The lowest BCUT2D eigenvalue weighted by Gasteiger charge is -2.57. The minimum absolute atomic E-state index is 0.252. The van der Waals surface area contributed by atoms with Gasteiger partial charge in [-0.15, -0.1) is 0 Å². The van der Waals surface area contributed by atoms with Gasteiger partial charge in [0.2, 0.25) is 0 Å². The van der Waals surface area contributed by atoms with Crippen molar-refractivity contribution in [3.8, 4) is 0 Å². The minimum Gasteiger partial charge on any atom is -0.472 e. The van der Waals surface area contributed by atoms with Crippen LogP contribution in [0.1, 0.15) is 52.2 Å². The Balaban J connectivity index is 1.77. The van der Waals surface area contributed by atoms with Crippen LogP contribution in [0, 0.1) is 22.7 Å². The van der Waals surface area contributed by atoms with Crippen LogP contribution in [0.15, 0.2) is 34.2 Å². The van der Waals surface area contributed by atoms with Gasteiger partial charge in [0, 0.05) is 29.4 Å². The summed E-state index contributed by atoms with van der Waals surface area (Å²) in [6.07, 6.45) is 2.85. The Kier molecular flexibility index (Phi) is 3.65. The van der Waals surface area contributed by atoms with E-state index in [1.54, 1.807) is 19.3 Å². The molecule has 0 amide bonds. The number of ether oxygens (including phenoxy) is 3. The van der Waals surface area contributed by atoms with E-state index in [0.29, 0.717) is 17.6 Å². The molecule has 5 aliphatic rings. The van der Waals surface area contributed by atoms with Crippen LogP contribution in [0.2, 0.25) is 0 Å². The number of hydrogen-bond acceptors (Lipinski definition) is 7. The molecule has 2 aliphatic carbocycles. The first-order valence-electron chi connectivity index (χ1n) is 10.0. The van der Waals surface area contributed by atoms with Crippen LogP contribution in [0.4, 0.5) is 0 Å². The maximum atomic E-state index is 12.9. The molecule has 3 aliphatic heterocycles. The van der Waals surface area contributed by atoms with E-state index in [1.807, 2.05) is 13.8 Å². The maximum Gasteiger partial charge on any atom is 0.334 e. The fraction of sp³-hybridized carbons (Fsp3) is 0.591. The second kappa shape index (κ2) is 5.74. The molecule has 154 valence electrons. The topological polar surface area (TPSA) is 92.0 Å². The van der Waals surface area contributed by atoms with Crippen LogP contribution >= 0.6 is 0 Å². The molecule has 1 aromatic heterocycles. The SMILES string of the molecule is CC(=O)O[C@H]1C2C(=C(C)C(=O)O[C@@H]2c2ccoc2)[C@]2(C)C1[C@]1(C)CC[C@H]2OC1=O. The maximum absolute atomic E-state index is 12.9. The fourth-order valence-corrected chi connectivity index (χ4v) is 6.61. The molecule has 6 rings (SSSR count). The van der Waals surface area contributed by atoms with Crippen LogP contribution < -0.4 is 0 Å². The van der Waals surface area contributed by atoms with Gasteiger partial charge < -0.3 is 18.6 Å². The summed E-state index contributed by atoms with van der Waals surface area (Å²) in [5.41, 5.74) is 0.719. The Bertz CT molecular complexity index is 944. The molecule has 0 N–H and O–H groups in total. The normalized spacial score (nSPS) is 42.8. The number of carbonyl (C=O) groups is 3. The summed E-state index contributed by atoms with van der Waals surface area (Å²) in [5, 5.41) is 0. The van der Waals surface area contributed by atoms with Gasteiger partial charge in [-0.25, -0.2) is 4.79 Å². The molecular formula is C22H24O7. The molecule has 0 radical (unpaired) electrons. The molecule has 2 bridgehead atoms. The van der Waals surface area contributed by atoms with Crippen LogP contribution in [0.3, 0.4) is 0 Å². The third-order valence-electron chi connectivity index (χ3n) is 7.68. The Hall–Kier alpha value is -2.57. The zero-order valence-corrected chi connectivity index (χ0v) is 16.9. The van der Waals surface area contributed by atoms with E-state index in [0.717, 1.165) is 12.0 Å². The molecule has 7 nitrogen and oxygen atoms in total. The molecule has 4 heterocycles. The molecule has 0 aromatic carbocycles. The minimum atomic E-state index is -0.793. The highest BCUT2D eigenvalue weighted by Crippen LogP contribution is 2.70. The van der Waals surface area contributed by atoms with Crippen molar-refractivity contribution in [1.29, 1.82) is 0 Å². The van der Waals surface area contributed by atoms with Crippen molar-refractivity contribution < 1.29 is 33.0 Å². The summed E-state index contributed by atoms with van der Waals surface area (Å²) in [7, 11) is 0. The van der Waals surface area contributed by atoms with Gasteiger partial charge in [0.25, 0.3) is 0 Å². The van der Waals surface area contributed by atoms with Crippen molar-refractivity contribution in [2.45, 2.75) is 58.8 Å². The molecule has 7 heteroatoms. The zero-order chi connectivity index (χ0) is 20.7. The van der Waals surface area contributed by atoms with E-state index in [4.69, 9.17) is 18.6 Å². The second-order valence-electron chi connectivity index (χ2n) is 9.13. The molecular weight excluding hydrogens is 376 g/mol. The molecule has 29 heavy (non-hydrogen) atoms. The van der Waals surface area contributed by atoms with Gasteiger partial charge in [0.05, 0.1) is 23.9 Å². The number of carbonyl (C=O) groups excluding carboxylic acids is 3. The van der Waals surface area contributed by atoms with E-state index in [-0.39, 0.29) is 18.0 Å². The number of furan rings is 1. The first-order valence-corrected chi connectivity index (χ1v) is 10.0. The molecule has 2 saturated heterocycles. The molecule has 1 aromatic rings. The Labute approximate surface area is 168 Å². The van der Waals surface area contributed by atoms with Crippen molar-refractivity contribution in [3.63, 3.8) is 0 Å². The van der Waals surface area contributed by atoms with Crippen molar-refractivity contribution in [3.05, 3.63) is 35.3 Å². The average molecular weight is 400 g/mol. The highest BCUT2D eigenvalue weighted by molar-refractivity contribution is 5.91. The van der Waals surface area contributed by atoms with Gasteiger partial charge in [-0.3, -0.25) is 9.59 Å². The van der Waals surface area contributed by atoms with Gasteiger partial charge in [0.15, 0.2) is 0 Å². The summed E-state index contributed by atoms with van der Waals surface area (Å²) in [6, 6.07) is 1.75. The summed E-state index contributed by atoms with van der Waals surface area (Å²) in [6.45, 7) is 7.07. The number of hydrogen-bond donors (Lipinski definition) is 0. The van der Waals surface area contributed by atoms with Crippen LogP contribution in [0.5, 0.6) is 0 Å². The lowest BCUT2D eigenvalue weighted by molar-refractivity contribution is -0.223. The highest BCUT2D eigenvalue weighted by Gasteiger charge is 2.75. The monoisotopic (exact) mass is 400 g/mol. The van der Waals surface area contributed by atoms with Gasteiger partial charge in [-0.2, -0.15) is 0 Å².